The number of carbonyl (C=O) groups excluding carboxylic acids is 1. The van der Waals surface area contributed by atoms with Crippen LogP contribution in [0.1, 0.15) is 42.7 Å². The van der Waals surface area contributed by atoms with Gasteiger partial charge in [-0.15, -0.1) is 11.3 Å². The molecular formula is C23H30N4O2S. The Hall–Kier alpha value is -1.80. The predicted molar refractivity (Wildman–Crippen MR) is 117 cm³/mol. The molecule has 0 amide bonds. The van der Waals surface area contributed by atoms with E-state index in [-0.39, 0.29) is 5.97 Å². The number of hydrogen-bond acceptors (Lipinski definition) is 7. The maximum Gasteiger partial charge on any atom is 0.304 e. The van der Waals surface area contributed by atoms with Gasteiger partial charge in [0, 0.05) is 49.6 Å². The Kier molecular flexibility index (Phi) is 5.62. The minimum atomic E-state index is -0.458. The molecule has 160 valence electrons. The van der Waals surface area contributed by atoms with E-state index in [9.17, 15) is 4.79 Å². The zero-order valence-electron chi connectivity index (χ0n) is 17.5. The lowest BCUT2D eigenvalue weighted by atomic mass is 9.96. The number of piperidine rings is 1. The Morgan fingerprint density at radius 2 is 2.03 bits per heavy atom. The molecule has 30 heavy (non-hydrogen) atoms. The summed E-state index contributed by atoms with van der Waals surface area (Å²) in [6.45, 7) is 5.83. The van der Waals surface area contributed by atoms with E-state index in [1.807, 2.05) is 11.6 Å². The summed E-state index contributed by atoms with van der Waals surface area (Å²) < 4.78 is 5.87. The standard InChI is InChI=1S/C23H30N4O2S/c1-17(28)29-23(15-26(16-23)14-22-24-9-12-30-22)27-10-7-19(8-11-27)25-21-13-20(21)18-5-3-2-4-6-18/h2-6,9,12,19-21,25H,7-8,10-11,13-16H2,1H3/t20-,21+/m0/s1. The van der Waals surface area contributed by atoms with Crippen LogP contribution in [0.15, 0.2) is 41.9 Å². The first kappa shape index (κ1) is 20.1. The number of likely N-dealkylation sites (tertiary alicyclic amines) is 2. The third kappa shape index (κ3) is 4.30. The van der Waals surface area contributed by atoms with Crippen LogP contribution in [-0.4, -0.2) is 64.7 Å². The first-order valence-electron chi connectivity index (χ1n) is 11.0. The molecule has 0 radical (unpaired) electrons. The van der Waals surface area contributed by atoms with Crippen molar-refractivity contribution in [3.8, 4) is 0 Å². The van der Waals surface area contributed by atoms with Gasteiger partial charge in [-0.05, 0) is 24.8 Å². The lowest BCUT2D eigenvalue weighted by molar-refractivity contribution is -0.232. The molecule has 0 unspecified atom stereocenters. The molecule has 1 aromatic heterocycles. The number of rotatable bonds is 7. The minimum Gasteiger partial charge on any atom is -0.441 e. The van der Waals surface area contributed by atoms with Crippen molar-refractivity contribution < 1.29 is 9.53 Å². The van der Waals surface area contributed by atoms with E-state index in [1.54, 1.807) is 11.3 Å². The van der Waals surface area contributed by atoms with Gasteiger partial charge in [0.05, 0.1) is 19.6 Å². The number of aromatic nitrogens is 1. The maximum absolute atomic E-state index is 11.8. The number of esters is 1. The van der Waals surface area contributed by atoms with Crippen LogP contribution in [0.2, 0.25) is 0 Å². The molecular weight excluding hydrogens is 396 g/mol. The lowest BCUT2D eigenvalue weighted by Crippen LogP contribution is -2.72. The minimum absolute atomic E-state index is 0.187. The highest BCUT2D eigenvalue weighted by Crippen LogP contribution is 2.41. The van der Waals surface area contributed by atoms with Gasteiger partial charge in [-0.3, -0.25) is 14.6 Å². The summed E-state index contributed by atoms with van der Waals surface area (Å²) in [5, 5.41) is 7.00. The summed E-state index contributed by atoms with van der Waals surface area (Å²) in [6, 6.07) is 12.0. The Morgan fingerprint density at radius 1 is 1.27 bits per heavy atom. The molecule has 2 atom stereocenters. The van der Waals surface area contributed by atoms with Gasteiger partial charge in [-0.1, -0.05) is 30.3 Å². The Bertz CT molecular complexity index is 845. The SMILES string of the molecule is CC(=O)OC1(N2CCC(N[C@@H]3C[C@H]3c3ccccc3)CC2)CN(Cc2nccs2)C1. The number of carbonyl (C=O) groups is 1. The number of hydrogen-bond donors (Lipinski definition) is 1. The van der Waals surface area contributed by atoms with E-state index < -0.39 is 5.72 Å². The molecule has 1 N–H and O–H groups in total. The average molecular weight is 427 g/mol. The van der Waals surface area contributed by atoms with E-state index in [0.717, 1.165) is 50.6 Å². The van der Waals surface area contributed by atoms with Gasteiger partial charge in [-0.25, -0.2) is 4.98 Å². The predicted octanol–water partition coefficient (Wildman–Crippen LogP) is 2.83. The maximum atomic E-state index is 11.8. The van der Waals surface area contributed by atoms with E-state index in [2.05, 4.69) is 50.4 Å². The molecule has 1 aromatic carbocycles. The molecule has 0 bridgehead atoms. The monoisotopic (exact) mass is 426 g/mol. The second-order valence-corrected chi connectivity index (χ2v) is 9.88. The van der Waals surface area contributed by atoms with E-state index in [0.29, 0.717) is 18.0 Å². The number of thiazole rings is 1. The zero-order valence-corrected chi connectivity index (χ0v) is 18.3. The molecule has 3 heterocycles. The van der Waals surface area contributed by atoms with Crippen LogP contribution in [0.3, 0.4) is 0 Å². The van der Waals surface area contributed by atoms with Crippen molar-refractivity contribution in [2.75, 3.05) is 26.2 Å². The molecule has 1 aliphatic carbocycles. The quantitative estimate of drug-likeness (QED) is 0.687. The van der Waals surface area contributed by atoms with Gasteiger partial charge < -0.3 is 10.1 Å². The van der Waals surface area contributed by atoms with Crippen LogP contribution in [0.4, 0.5) is 0 Å². The third-order valence-corrected chi connectivity index (χ3v) is 7.42. The van der Waals surface area contributed by atoms with Crippen molar-refractivity contribution in [1.82, 2.24) is 20.1 Å². The summed E-state index contributed by atoms with van der Waals surface area (Å²) in [6.07, 6.45) is 5.30. The summed E-state index contributed by atoms with van der Waals surface area (Å²) in [4.78, 5) is 20.9. The molecule has 2 saturated heterocycles. The topological polar surface area (TPSA) is 57.7 Å². The van der Waals surface area contributed by atoms with Crippen molar-refractivity contribution in [1.29, 1.82) is 0 Å². The highest BCUT2D eigenvalue weighted by Gasteiger charge is 2.51. The zero-order chi connectivity index (χ0) is 20.6. The first-order chi connectivity index (χ1) is 14.6. The largest absolute Gasteiger partial charge is 0.441 e. The van der Waals surface area contributed by atoms with Gasteiger partial charge in [0.1, 0.15) is 5.01 Å². The number of nitrogens with one attached hydrogen (secondary N) is 1. The molecule has 0 spiro atoms. The molecule has 3 aliphatic rings. The van der Waals surface area contributed by atoms with Crippen molar-refractivity contribution in [3.63, 3.8) is 0 Å². The van der Waals surface area contributed by atoms with Crippen LogP contribution in [0.5, 0.6) is 0 Å². The third-order valence-electron chi connectivity index (χ3n) is 6.66. The fourth-order valence-corrected chi connectivity index (χ4v) is 5.75. The molecule has 6 nitrogen and oxygen atoms in total. The fraction of sp³-hybridized carbons (Fsp3) is 0.565. The summed E-state index contributed by atoms with van der Waals surface area (Å²) in [7, 11) is 0. The Labute approximate surface area is 182 Å². The van der Waals surface area contributed by atoms with Crippen molar-refractivity contribution >= 4 is 17.3 Å². The van der Waals surface area contributed by atoms with Gasteiger partial charge in [0.15, 0.2) is 5.72 Å². The molecule has 2 aliphatic heterocycles. The van der Waals surface area contributed by atoms with Crippen molar-refractivity contribution in [2.24, 2.45) is 0 Å². The molecule has 5 rings (SSSR count). The second-order valence-electron chi connectivity index (χ2n) is 8.90. The molecule has 1 saturated carbocycles. The van der Waals surface area contributed by atoms with Gasteiger partial charge in [0.2, 0.25) is 0 Å². The number of nitrogens with zero attached hydrogens (tertiary/aromatic N) is 3. The van der Waals surface area contributed by atoms with Crippen molar-refractivity contribution in [3.05, 3.63) is 52.5 Å². The summed E-state index contributed by atoms with van der Waals surface area (Å²) in [5.74, 6) is 0.482. The number of ether oxygens (including phenoxy) is 1. The van der Waals surface area contributed by atoms with Crippen LogP contribution in [-0.2, 0) is 16.1 Å². The summed E-state index contributed by atoms with van der Waals surface area (Å²) in [5.41, 5.74) is 0.997. The first-order valence-corrected chi connectivity index (χ1v) is 11.9. The van der Waals surface area contributed by atoms with Crippen LogP contribution < -0.4 is 5.32 Å². The van der Waals surface area contributed by atoms with E-state index in [1.165, 1.54) is 18.9 Å². The Morgan fingerprint density at radius 3 is 2.70 bits per heavy atom. The van der Waals surface area contributed by atoms with E-state index in [4.69, 9.17) is 4.74 Å². The van der Waals surface area contributed by atoms with Crippen LogP contribution in [0.25, 0.3) is 0 Å². The normalized spacial score (nSPS) is 26.8. The highest BCUT2D eigenvalue weighted by atomic mass is 32.1. The highest BCUT2D eigenvalue weighted by molar-refractivity contribution is 7.09. The van der Waals surface area contributed by atoms with Crippen LogP contribution in [0, 0.1) is 0 Å². The average Bonchev–Trinajstić information content (AvgIpc) is 3.29. The second kappa shape index (κ2) is 8.38. The van der Waals surface area contributed by atoms with Gasteiger partial charge in [-0.2, -0.15) is 0 Å². The molecule has 3 fully saturated rings. The summed E-state index contributed by atoms with van der Waals surface area (Å²) >= 11 is 1.68. The smallest absolute Gasteiger partial charge is 0.304 e. The lowest BCUT2D eigenvalue weighted by Gasteiger charge is -2.55. The van der Waals surface area contributed by atoms with E-state index >= 15 is 0 Å². The Balaban J connectivity index is 1.12. The molecule has 2 aromatic rings. The fourth-order valence-electron chi connectivity index (χ4n) is 5.09. The van der Waals surface area contributed by atoms with Crippen molar-refractivity contribution in [2.45, 2.75) is 56.5 Å². The van der Waals surface area contributed by atoms with Crippen LogP contribution >= 0.6 is 11.3 Å². The van der Waals surface area contributed by atoms with Gasteiger partial charge in [0.25, 0.3) is 0 Å². The van der Waals surface area contributed by atoms with Gasteiger partial charge >= 0.3 is 5.97 Å². The molecule has 7 heteroatoms. The number of benzene rings is 1.